The summed E-state index contributed by atoms with van der Waals surface area (Å²) in [5.74, 6) is 1.11. The lowest BCUT2D eigenvalue weighted by atomic mass is 10.2. The fraction of sp³-hybridized carbons (Fsp3) is 0.300. The van der Waals surface area contributed by atoms with Gasteiger partial charge in [-0.3, -0.25) is 4.79 Å². The molecule has 0 saturated heterocycles. The summed E-state index contributed by atoms with van der Waals surface area (Å²) in [5.41, 5.74) is 6.35. The zero-order chi connectivity index (χ0) is 12.0. The van der Waals surface area contributed by atoms with Crippen LogP contribution in [0.5, 0.6) is 0 Å². The second kappa shape index (κ2) is 6.50. The van der Waals surface area contributed by atoms with Gasteiger partial charge in [0.2, 0.25) is 0 Å². The minimum absolute atomic E-state index is 0.126. The predicted molar refractivity (Wildman–Crippen MR) is 68.2 cm³/mol. The Labute approximate surface area is 103 Å². The van der Waals surface area contributed by atoms with Crippen molar-refractivity contribution in [1.29, 1.82) is 0 Å². The molecule has 1 rings (SSSR count). The molecule has 4 nitrogen and oxygen atoms in total. The van der Waals surface area contributed by atoms with Crippen molar-refractivity contribution in [2.24, 2.45) is 0 Å². The number of hydrogen-bond donors (Lipinski definition) is 1. The number of nitrogens with two attached hydrogens (primary N) is 1. The molecule has 1 heterocycles. The van der Waals surface area contributed by atoms with Gasteiger partial charge in [-0.15, -0.1) is 10.2 Å². The van der Waals surface area contributed by atoms with Crippen molar-refractivity contribution in [3.63, 3.8) is 0 Å². The van der Waals surface area contributed by atoms with Gasteiger partial charge in [0.1, 0.15) is 0 Å². The summed E-state index contributed by atoms with van der Waals surface area (Å²) in [6, 6.07) is 1.65. The molecule has 0 spiro atoms. The summed E-state index contributed by atoms with van der Waals surface area (Å²) in [6.07, 6.45) is 4.56. The second-order valence-corrected chi connectivity index (χ2v) is 4.70. The molecule has 0 aliphatic rings. The lowest BCUT2D eigenvalue weighted by molar-refractivity contribution is -0.109. The van der Waals surface area contributed by atoms with Gasteiger partial charge in [0, 0.05) is 18.2 Å². The zero-order valence-electron chi connectivity index (χ0n) is 8.81. The maximum absolute atomic E-state index is 10.7. The summed E-state index contributed by atoms with van der Waals surface area (Å²) in [5, 5.41) is 7.74. The van der Waals surface area contributed by atoms with Crippen LogP contribution in [0.4, 0.5) is 5.82 Å². The number of allylic oxidation sites excluding steroid dienone is 1. The normalized spacial score (nSPS) is 10.9. The molecule has 16 heavy (non-hydrogen) atoms. The van der Waals surface area contributed by atoms with E-state index in [0.29, 0.717) is 11.0 Å². The second-order valence-electron chi connectivity index (χ2n) is 3.04. The first-order valence-corrected chi connectivity index (χ1v) is 6.04. The number of carbonyl (C=O) groups excluding carboxylic acids is 1. The Hall–Kier alpha value is -1.07. The average molecular weight is 258 g/mol. The van der Waals surface area contributed by atoms with E-state index in [2.05, 4.69) is 10.2 Å². The zero-order valence-corrected chi connectivity index (χ0v) is 10.4. The van der Waals surface area contributed by atoms with E-state index in [1.165, 1.54) is 11.8 Å². The van der Waals surface area contributed by atoms with E-state index in [1.807, 2.05) is 12.2 Å². The van der Waals surface area contributed by atoms with Crippen molar-refractivity contribution in [2.45, 2.75) is 13.3 Å². The van der Waals surface area contributed by atoms with Crippen molar-refractivity contribution >= 4 is 40.4 Å². The highest BCUT2D eigenvalue weighted by atomic mass is 35.5. The SMILES string of the molecule is CC(=O)SCCC=Cc1cc(Cl)nnc1N. The Morgan fingerprint density at radius 2 is 2.38 bits per heavy atom. The lowest BCUT2D eigenvalue weighted by Gasteiger charge is -1.98. The summed E-state index contributed by atoms with van der Waals surface area (Å²) in [4.78, 5) is 10.7. The Balaban J connectivity index is 2.49. The number of hydrogen-bond acceptors (Lipinski definition) is 5. The molecule has 0 unspecified atom stereocenters. The highest BCUT2D eigenvalue weighted by Crippen LogP contribution is 2.14. The largest absolute Gasteiger partial charge is 0.382 e. The van der Waals surface area contributed by atoms with E-state index in [0.717, 1.165) is 17.7 Å². The molecule has 0 aliphatic carbocycles. The third-order valence-electron chi connectivity index (χ3n) is 1.71. The summed E-state index contributed by atoms with van der Waals surface area (Å²) in [6.45, 7) is 1.55. The molecule has 2 N–H and O–H groups in total. The van der Waals surface area contributed by atoms with E-state index >= 15 is 0 Å². The minimum atomic E-state index is 0.126. The Kier molecular flexibility index (Phi) is 5.28. The highest BCUT2D eigenvalue weighted by Gasteiger charge is 1.98. The molecule has 86 valence electrons. The van der Waals surface area contributed by atoms with Crippen LogP contribution >= 0.6 is 23.4 Å². The molecular weight excluding hydrogens is 246 g/mol. The lowest BCUT2D eigenvalue weighted by Crippen LogP contribution is -1.96. The molecule has 1 aromatic heterocycles. The van der Waals surface area contributed by atoms with E-state index in [9.17, 15) is 4.79 Å². The number of halogens is 1. The van der Waals surface area contributed by atoms with Crippen LogP contribution in [0.2, 0.25) is 5.15 Å². The fourth-order valence-corrected chi connectivity index (χ4v) is 1.70. The molecule has 0 saturated carbocycles. The number of thioether (sulfide) groups is 1. The summed E-state index contributed by atoms with van der Waals surface area (Å²) < 4.78 is 0. The van der Waals surface area contributed by atoms with E-state index < -0.39 is 0 Å². The smallest absolute Gasteiger partial charge is 0.185 e. The van der Waals surface area contributed by atoms with E-state index in [4.69, 9.17) is 17.3 Å². The molecule has 0 bridgehead atoms. The Morgan fingerprint density at radius 3 is 3.06 bits per heavy atom. The van der Waals surface area contributed by atoms with Crippen LogP contribution in [0, 0.1) is 0 Å². The monoisotopic (exact) mass is 257 g/mol. The third kappa shape index (κ3) is 4.63. The van der Waals surface area contributed by atoms with Crippen LogP contribution < -0.4 is 5.73 Å². The van der Waals surface area contributed by atoms with Crippen LogP contribution in [0.15, 0.2) is 12.1 Å². The number of rotatable bonds is 4. The maximum Gasteiger partial charge on any atom is 0.185 e. The highest BCUT2D eigenvalue weighted by molar-refractivity contribution is 8.13. The first-order chi connectivity index (χ1) is 7.59. The fourth-order valence-electron chi connectivity index (χ4n) is 1.00. The molecule has 0 radical (unpaired) electrons. The predicted octanol–water partition coefficient (Wildman–Crippen LogP) is 2.40. The van der Waals surface area contributed by atoms with Gasteiger partial charge >= 0.3 is 0 Å². The van der Waals surface area contributed by atoms with Crippen molar-refractivity contribution in [3.05, 3.63) is 22.9 Å². The van der Waals surface area contributed by atoms with Crippen molar-refractivity contribution in [2.75, 3.05) is 11.5 Å². The van der Waals surface area contributed by atoms with Crippen LogP contribution in [-0.2, 0) is 4.79 Å². The molecular formula is C10H12ClN3OS. The first-order valence-electron chi connectivity index (χ1n) is 4.68. The first kappa shape index (κ1) is 13.0. The molecule has 0 aliphatic heterocycles. The van der Waals surface area contributed by atoms with Gasteiger partial charge in [0.25, 0.3) is 0 Å². The molecule has 0 atom stereocenters. The van der Waals surface area contributed by atoms with Gasteiger partial charge in [0.15, 0.2) is 16.1 Å². The van der Waals surface area contributed by atoms with Crippen LogP contribution in [0.25, 0.3) is 6.08 Å². The topological polar surface area (TPSA) is 68.9 Å². The molecule has 6 heteroatoms. The molecule has 0 aromatic carbocycles. The summed E-state index contributed by atoms with van der Waals surface area (Å²) >= 11 is 6.98. The average Bonchev–Trinajstić information content (AvgIpc) is 2.22. The van der Waals surface area contributed by atoms with Crippen molar-refractivity contribution in [3.8, 4) is 0 Å². The van der Waals surface area contributed by atoms with Crippen LogP contribution in [0.3, 0.4) is 0 Å². The molecule has 0 fully saturated rings. The van der Waals surface area contributed by atoms with Crippen molar-refractivity contribution < 1.29 is 4.79 Å². The third-order valence-corrected chi connectivity index (χ3v) is 2.74. The number of carbonyl (C=O) groups is 1. The number of anilines is 1. The van der Waals surface area contributed by atoms with Gasteiger partial charge in [-0.25, -0.2) is 0 Å². The quantitative estimate of drug-likeness (QED) is 0.839. The molecule has 1 aromatic rings. The van der Waals surface area contributed by atoms with Gasteiger partial charge in [-0.2, -0.15) is 0 Å². The minimum Gasteiger partial charge on any atom is -0.382 e. The van der Waals surface area contributed by atoms with Crippen LogP contribution in [0.1, 0.15) is 18.9 Å². The van der Waals surface area contributed by atoms with Crippen LogP contribution in [-0.4, -0.2) is 21.1 Å². The summed E-state index contributed by atoms with van der Waals surface area (Å²) in [7, 11) is 0. The van der Waals surface area contributed by atoms with E-state index in [1.54, 1.807) is 13.0 Å². The maximum atomic E-state index is 10.7. The van der Waals surface area contributed by atoms with Gasteiger partial charge < -0.3 is 5.73 Å². The molecule has 0 amide bonds. The van der Waals surface area contributed by atoms with Gasteiger partial charge in [-0.05, 0) is 12.5 Å². The van der Waals surface area contributed by atoms with Gasteiger partial charge in [0.05, 0.1) is 0 Å². The van der Waals surface area contributed by atoms with E-state index in [-0.39, 0.29) is 5.12 Å². The number of nitrogens with zero attached hydrogens (tertiary/aromatic N) is 2. The van der Waals surface area contributed by atoms with Gasteiger partial charge in [-0.1, -0.05) is 35.5 Å². The standard InChI is InChI=1S/C10H12ClN3OS/c1-7(15)16-5-3-2-4-8-6-9(11)13-14-10(8)12/h2,4,6H,3,5H2,1H3,(H2,12,14). The Bertz CT molecular complexity index is 409. The number of nitrogen functional groups attached to an aromatic ring is 1. The Morgan fingerprint density at radius 1 is 1.62 bits per heavy atom. The van der Waals surface area contributed by atoms with Crippen molar-refractivity contribution in [1.82, 2.24) is 10.2 Å². The number of aromatic nitrogens is 2.